The first-order valence-corrected chi connectivity index (χ1v) is 12.0. The van der Waals surface area contributed by atoms with Gasteiger partial charge in [-0.15, -0.1) is 0 Å². The fraction of sp³-hybridized carbons (Fsp3) is 0.226. The Morgan fingerprint density at radius 2 is 1.37 bits per heavy atom. The number of aryl methyl sites for hydroxylation is 3. The van der Waals surface area contributed by atoms with Crippen LogP contribution < -0.4 is 4.74 Å². The summed E-state index contributed by atoms with van der Waals surface area (Å²) in [6.07, 6.45) is 2.83. The van der Waals surface area contributed by atoms with Crippen LogP contribution in [0.2, 0.25) is 0 Å². The van der Waals surface area contributed by atoms with E-state index in [0.29, 0.717) is 30.6 Å². The van der Waals surface area contributed by atoms with Gasteiger partial charge < -0.3 is 4.74 Å². The summed E-state index contributed by atoms with van der Waals surface area (Å²) < 4.78 is 49.4. The highest BCUT2D eigenvalue weighted by Gasteiger charge is 2.15. The fourth-order valence-corrected chi connectivity index (χ4v) is 4.01. The molecule has 0 unspecified atom stereocenters. The molecule has 0 aliphatic heterocycles. The smallest absolute Gasteiger partial charge is 0.166 e. The zero-order valence-corrected chi connectivity index (χ0v) is 20.1. The first-order chi connectivity index (χ1) is 17.0. The van der Waals surface area contributed by atoms with Gasteiger partial charge in [0.25, 0.3) is 0 Å². The van der Waals surface area contributed by atoms with Gasteiger partial charge in [-0.05, 0) is 66.1 Å². The van der Waals surface area contributed by atoms with Crippen molar-refractivity contribution < 1.29 is 17.9 Å². The van der Waals surface area contributed by atoms with Gasteiger partial charge in [-0.2, -0.15) is 0 Å². The van der Waals surface area contributed by atoms with Crippen molar-refractivity contribution in [3.05, 3.63) is 113 Å². The molecule has 0 aliphatic carbocycles. The molecule has 180 valence electrons. The Kier molecular flexibility index (Phi) is 7.91. The van der Waals surface area contributed by atoms with Crippen LogP contribution in [-0.4, -0.2) is 6.61 Å². The number of ether oxygens (including phenoxy) is 1. The maximum absolute atomic E-state index is 14.8. The van der Waals surface area contributed by atoms with Crippen molar-refractivity contribution in [2.75, 3.05) is 6.61 Å². The minimum absolute atomic E-state index is 0.265. The van der Waals surface area contributed by atoms with E-state index in [9.17, 15) is 13.2 Å². The van der Waals surface area contributed by atoms with Crippen LogP contribution >= 0.6 is 0 Å². The monoisotopic (exact) mass is 474 g/mol. The molecule has 0 N–H and O–H groups in total. The molecule has 0 aliphatic rings. The van der Waals surface area contributed by atoms with Gasteiger partial charge in [0.15, 0.2) is 23.2 Å². The molecule has 1 nitrogen and oxygen atoms in total. The molecular weight excluding hydrogens is 445 g/mol. The molecule has 4 heteroatoms. The largest absolute Gasteiger partial charge is 0.491 e. The quantitative estimate of drug-likeness (QED) is 0.220. The summed E-state index contributed by atoms with van der Waals surface area (Å²) in [5, 5.41) is 0. The summed E-state index contributed by atoms with van der Waals surface area (Å²) >= 11 is 0. The van der Waals surface area contributed by atoms with E-state index in [1.165, 1.54) is 6.07 Å². The first-order valence-electron chi connectivity index (χ1n) is 12.0. The molecule has 0 atom stereocenters. The van der Waals surface area contributed by atoms with Crippen molar-refractivity contribution in [3.63, 3.8) is 0 Å². The highest BCUT2D eigenvalue weighted by molar-refractivity contribution is 5.66. The second kappa shape index (κ2) is 11.3. The molecule has 0 radical (unpaired) electrons. The van der Waals surface area contributed by atoms with Crippen LogP contribution in [0.1, 0.15) is 36.5 Å². The lowest BCUT2D eigenvalue weighted by Crippen LogP contribution is -2.00. The third-order valence-electron chi connectivity index (χ3n) is 6.18. The summed E-state index contributed by atoms with van der Waals surface area (Å²) in [4.78, 5) is 0. The predicted octanol–water partition coefficient (Wildman–Crippen LogP) is 8.71. The van der Waals surface area contributed by atoms with E-state index in [0.717, 1.165) is 35.1 Å². The van der Waals surface area contributed by atoms with Gasteiger partial charge in [-0.3, -0.25) is 0 Å². The Labute approximate surface area is 205 Å². The van der Waals surface area contributed by atoms with Crippen molar-refractivity contribution in [2.24, 2.45) is 0 Å². The molecule has 0 fully saturated rings. The lowest BCUT2D eigenvalue weighted by Gasteiger charge is -2.10. The second-order valence-corrected chi connectivity index (χ2v) is 8.81. The van der Waals surface area contributed by atoms with Gasteiger partial charge in [0.05, 0.1) is 6.61 Å². The number of benzene rings is 4. The zero-order valence-electron chi connectivity index (χ0n) is 20.1. The summed E-state index contributed by atoms with van der Waals surface area (Å²) in [7, 11) is 0. The molecule has 0 amide bonds. The van der Waals surface area contributed by atoms with Crippen LogP contribution in [0.3, 0.4) is 0 Å². The molecule has 0 heterocycles. The number of hydrogen-bond donors (Lipinski definition) is 0. The maximum atomic E-state index is 14.8. The van der Waals surface area contributed by atoms with Crippen LogP contribution in [0.5, 0.6) is 5.75 Å². The Bertz CT molecular complexity index is 1280. The van der Waals surface area contributed by atoms with Gasteiger partial charge >= 0.3 is 0 Å². The van der Waals surface area contributed by atoms with Crippen LogP contribution in [0, 0.1) is 24.4 Å². The maximum Gasteiger partial charge on any atom is 0.166 e. The zero-order chi connectivity index (χ0) is 24.8. The lowest BCUT2D eigenvalue weighted by atomic mass is 9.97. The number of unbranched alkanes of at least 4 members (excludes halogenated alkanes) is 1. The van der Waals surface area contributed by atoms with Gasteiger partial charge in [0.2, 0.25) is 0 Å². The third-order valence-corrected chi connectivity index (χ3v) is 6.18. The second-order valence-electron chi connectivity index (χ2n) is 8.81. The van der Waals surface area contributed by atoms with Crippen LogP contribution in [0.25, 0.3) is 22.3 Å². The fourth-order valence-electron chi connectivity index (χ4n) is 4.01. The average Bonchev–Trinajstić information content (AvgIpc) is 2.87. The van der Waals surface area contributed by atoms with Crippen molar-refractivity contribution in [2.45, 2.75) is 39.5 Å². The summed E-state index contributed by atoms with van der Waals surface area (Å²) in [5.74, 6) is -1.72. The van der Waals surface area contributed by atoms with Crippen LogP contribution in [-0.2, 0) is 12.8 Å². The molecule has 0 spiro atoms. The molecule has 0 saturated heterocycles. The van der Waals surface area contributed by atoms with E-state index in [1.807, 2.05) is 49.4 Å². The SMILES string of the molecule is CCCCOc1ccc(-c2ccc(CCc3ccc(-c4ccc(C)cc4)c(F)c3F)cc2)cc1F. The third kappa shape index (κ3) is 5.94. The standard InChI is InChI=1S/C31H29F3O/c1-3-4-19-35-29-18-16-26(20-28(29)32)23-12-7-22(8-13-23)9-14-25-15-17-27(31(34)30(25)33)24-10-5-21(2)6-11-24/h5-8,10-13,15-18,20H,3-4,9,14,19H2,1-2H3. The normalized spacial score (nSPS) is 11.0. The van der Waals surface area contributed by atoms with E-state index in [-0.39, 0.29) is 17.1 Å². The highest BCUT2D eigenvalue weighted by atomic mass is 19.2. The number of hydrogen-bond acceptors (Lipinski definition) is 1. The molecule has 35 heavy (non-hydrogen) atoms. The minimum Gasteiger partial charge on any atom is -0.491 e. The van der Waals surface area contributed by atoms with E-state index >= 15 is 0 Å². The summed E-state index contributed by atoms with van der Waals surface area (Å²) in [6.45, 7) is 4.51. The van der Waals surface area contributed by atoms with Crippen LogP contribution in [0.15, 0.2) is 78.9 Å². The molecule has 4 aromatic carbocycles. The van der Waals surface area contributed by atoms with Crippen molar-refractivity contribution in [1.82, 2.24) is 0 Å². The number of rotatable bonds is 9. The van der Waals surface area contributed by atoms with Gasteiger partial charge in [-0.25, -0.2) is 13.2 Å². The van der Waals surface area contributed by atoms with E-state index < -0.39 is 11.6 Å². The predicted molar refractivity (Wildman–Crippen MR) is 136 cm³/mol. The van der Waals surface area contributed by atoms with Gasteiger partial charge in [0, 0.05) is 5.56 Å². The molecule has 0 bridgehead atoms. The molecule has 4 aromatic rings. The minimum atomic E-state index is -0.814. The van der Waals surface area contributed by atoms with Gasteiger partial charge in [-0.1, -0.05) is 85.6 Å². The Balaban J connectivity index is 1.42. The highest BCUT2D eigenvalue weighted by Crippen LogP contribution is 2.29. The van der Waals surface area contributed by atoms with Crippen molar-refractivity contribution >= 4 is 0 Å². The van der Waals surface area contributed by atoms with E-state index in [1.54, 1.807) is 30.3 Å². The summed E-state index contributed by atoms with van der Waals surface area (Å²) in [6, 6.07) is 23.4. The number of halogens is 3. The van der Waals surface area contributed by atoms with Crippen molar-refractivity contribution in [1.29, 1.82) is 0 Å². The topological polar surface area (TPSA) is 9.23 Å². The average molecular weight is 475 g/mol. The Morgan fingerprint density at radius 3 is 2.06 bits per heavy atom. The molecule has 0 aromatic heterocycles. The van der Waals surface area contributed by atoms with Crippen LogP contribution in [0.4, 0.5) is 13.2 Å². The first kappa shape index (κ1) is 24.6. The lowest BCUT2D eigenvalue weighted by molar-refractivity contribution is 0.294. The Morgan fingerprint density at radius 1 is 0.686 bits per heavy atom. The van der Waals surface area contributed by atoms with E-state index in [2.05, 4.69) is 6.92 Å². The van der Waals surface area contributed by atoms with E-state index in [4.69, 9.17) is 4.74 Å². The Hall–Kier alpha value is -3.53. The molecular formula is C31H29F3O. The molecule has 4 rings (SSSR count). The summed E-state index contributed by atoms with van der Waals surface area (Å²) in [5.41, 5.74) is 4.98. The van der Waals surface area contributed by atoms with Gasteiger partial charge in [0.1, 0.15) is 0 Å². The van der Waals surface area contributed by atoms with Crippen molar-refractivity contribution in [3.8, 4) is 28.0 Å². The molecule has 0 saturated carbocycles.